The lowest BCUT2D eigenvalue weighted by Crippen LogP contribution is -2.25. The normalized spacial score (nSPS) is 16.6. The van der Waals surface area contributed by atoms with Gasteiger partial charge in [0.2, 0.25) is 15.7 Å². The number of allylic oxidation sites excluding steroid dienone is 2. The molecular formula is C24H17FN2O3S. The summed E-state index contributed by atoms with van der Waals surface area (Å²) < 4.78 is 46.9. The average molecular weight is 432 g/mol. The molecule has 0 saturated heterocycles. The van der Waals surface area contributed by atoms with Crippen LogP contribution in [0.3, 0.4) is 0 Å². The molecule has 4 rings (SSSR count). The van der Waals surface area contributed by atoms with Gasteiger partial charge in [-0.1, -0.05) is 60.7 Å². The van der Waals surface area contributed by atoms with E-state index in [4.69, 9.17) is 10.5 Å². The number of nitrogens with two attached hydrogens (primary N) is 1. The first-order valence-electron chi connectivity index (χ1n) is 9.36. The summed E-state index contributed by atoms with van der Waals surface area (Å²) in [5.41, 5.74) is 6.90. The van der Waals surface area contributed by atoms with Crippen LogP contribution in [0.15, 0.2) is 106 Å². The van der Waals surface area contributed by atoms with Crippen molar-refractivity contribution in [2.45, 2.75) is 10.8 Å². The molecule has 0 radical (unpaired) electrons. The molecule has 0 fully saturated rings. The van der Waals surface area contributed by atoms with Gasteiger partial charge in [-0.05, 0) is 29.8 Å². The van der Waals surface area contributed by atoms with Crippen molar-refractivity contribution < 1.29 is 17.5 Å². The van der Waals surface area contributed by atoms with Crippen LogP contribution >= 0.6 is 0 Å². The van der Waals surface area contributed by atoms with Crippen LogP contribution in [0.1, 0.15) is 17.0 Å². The molecule has 3 aromatic carbocycles. The fourth-order valence-electron chi connectivity index (χ4n) is 3.51. The third-order valence-electron chi connectivity index (χ3n) is 4.95. The molecule has 0 bridgehead atoms. The summed E-state index contributed by atoms with van der Waals surface area (Å²) in [5, 5.41) is 9.80. The van der Waals surface area contributed by atoms with E-state index in [-0.39, 0.29) is 27.0 Å². The van der Waals surface area contributed by atoms with Crippen molar-refractivity contribution in [2.75, 3.05) is 0 Å². The molecule has 1 heterocycles. The van der Waals surface area contributed by atoms with E-state index >= 15 is 0 Å². The second-order valence-corrected chi connectivity index (χ2v) is 8.77. The molecule has 154 valence electrons. The van der Waals surface area contributed by atoms with Gasteiger partial charge in [0.25, 0.3) is 0 Å². The number of halogens is 1. The SMILES string of the molecule is N#CC1=C(N)OC(c2ccccc2)=C(S(=O)(=O)c2ccccc2)C1c1ccc(F)cc1. The number of hydrogen-bond acceptors (Lipinski definition) is 5. The van der Waals surface area contributed by atoms with Gasteiger partial charge in [0.15, 0.2) is 5.76 Å². The van der Waals surface area contributed by atoms with Gasteiger partial charge < -0.3 is 10.5 Å². The van der Waals surface area contributed by atoms with E-state index in [9.17, 15) is 18.1 Å². The van der Waals surface area contributed by atoms with Gasteiger partial charge in [-0.25, -0.2) is 12.8 Å². The largest absolute Gasteiger partial charge is 0.439 e. The van der Waals surface area contributed by atoms with Crippen molar-refractivity contribution in [3.8, 4) is 6.07 Å². The molecular weight excluding hydrogens is 415 g/mol. The average Bonchev–Trinajstić information content (AvgIpc) is 2.80. The van der Waals surface area contributed by atoms with Gasteiger partial charge in [-0.15, -0.1) is 0 Å². The summed E-state index contributed by atoms with van der Waals surface area (Å²) in [5.74, 6) is -1.69. The molecule has 3 aromatic rings. The van der Waals surface area contributed by atoms with Crippen molar-refractivity contribution in [3.63, 3.8) is 0 Å². The zero-order valence-corrected chi connectivity index (χ0v) is 17.0. The van der Waals surface area contributed by atoms with Crippen molar-refractivity contribution in [1.82, 2.24) is 0 Å². The molecule has 0 aliphatic carbocycles. The van der Waals surface area contributed by atoms with Crippen molar-refractivity contribution in [2.24, 2.45) is 5.73 Å². The second-order valence-electron chi connectivity index (χ2n) is 6.85. The Morgan fingerprint density at radius 2 is 1.48 bits per heavy atom. The van der Waals surface area contributed by atoms with Crippen LogP contribution in [0, 0.1) is 17.1 Å². The van der Waals surface area contributed by atoms with Gasteiger partial charge in [0.1, 0.15) is 22.4 Å². The Labute approximate surface area is 179 Å². The van der Waals surface area contributed by atoms with Crippen molar-refractivity contribution in [1.29, 1.82) is 5.26 Å². The predicted molar refractivity (Wildman–Crippen MR) is 114 cm³/mol. The molecule has 0 amide bonds. The smallest absolute Gasteiger partial charge is 0.207 e. The summed E-state index contributed by atoms with van der Waals surface area (Å²) >= 11 is 0. The van der Waals surface area contributed by atoms with Crippen LogP contribution in [0.2, 0.25) is 0 Å². The minimum atomic E-state index is -4.11. The van der Waals surface area contributed by atoms with Crippen LogP contribution in [-0.2, 0) is 14.6 Å². The Hall–Kier alpha value is -3.89. The number of nitriles is 1. The molecule has 5 nitrogen and oxygen atoms in total. The Morgan fingerprint density at radius 1 is 0.903 bits per heavy atom. The Morgan fingerprint density at radius 3 is 2.06 bits per heavy atom. The van der Waals surface area contributed by atoms with Crippen LogP contribution in [0.5, 0.6) is 0 Å². The number of sulfone groups is 1. The van der Waals surface area contributed by atoms with Crippen LogP contribution in [0.25, 0.3) is 5.76 Å². The number of nitrogens with zero attached hydrogens (tertiary/aromatic N) is 1. The highest BCUT2D eigenvalue weighted by atomic mass is 32.2. The highest BCUT2D eigenvalue weighted by Gasteiger charge is 2.41. The topological polar surface area (TPSA) is 93.2 Å². The Kier molecular flexibility index (Phi) is 5.32. The van der Waals surface area contributed by atoms with Gasteiger partial charge in [-0.3, -0.25) is 0 Å². The first kappa shape index (κ1) is 20.4. The Bertz CT molecular complexity index is 1330. The van der Waals surface area contributed by atoms with Gasteiger partial charge >= 0.3 is 0 Å². The second kappa shape index (κ2) is 8.09. The Balaban J connectivity index is 2.07. The van der Waals surface area contributed by atoms with E-state index < -0.39 is 21.6 Å². The first-order valence-corrected chi connectivity index (χ1v) is 10.8. The molecule has 1 aliphatic rings. The summed E-state index contributed by atoms with van der Waals surface area (Å²) in [6, 6.07) is 23.8. The van der Waals surface area contributed by atoms with E-state index in [0.29, 0.717) is 11.1 Å². The van der Waals surface area contributed by atoms with Gasteiger partial charge in [-0.2, -0.15) is 5.26 Å². The summed E-state index contributed by atoms with van der Waals surface area (Å²) in [6.07, 6.45) is 0. The number of ether oxygens (including phenoxy) is 1. The zero-order chi connectivity index (χ0) is 22.0. The fourth-order valence-corrected chi connectivity index (χ4v) is 5.24. The number of benzene rings is 3. The van der Waals surface area contributed by atoms with E-state index in [0.717, 1.165) is 0 Å². The standard InChI is InChI=1S/C24H17FN2O3S/c25-18-13-11-16(12-14-18)21-20(15-26)24(27)30-22(17-7-3-1-4-8-17)23(21)31(28,29)19-9-5-2-6-10-19/h1-14,21H,27H2. The number of rotatable bonds is 4. The van der Waals surface area contributed by atoms with E-state index in [1.54, 1.807) is 48.5 Å². The molecule has 2 N–H and O–H groups in total. The number of hydrogen-bond donors (Lipinski definition) is 1. The third kappa shape index (κ3) is 3.69. The molecule has 1 atom stereocenters. The highest BCUT2D eigenvalue weighted by molar-refractivity contribution is 7.95. The fraction of sp³-hybridized carbons (Fsp3) is 0.0417. The molecule has 0 aromatic heterocycles. The maximum absolute atomic E-state index is 13.8. The summed E-state index contributed by atoms with van der Waals surface area (Å²) in [6.45, 7) is 0. The summed E-state index contributed by atoms with van der Waals surface area (Å²) in [7, 11) is -4.11. The van der Waals surface area contributed by atoms with Crippen LogP contribution < -0.4 is 5.73 Å². The zero-order valence-electron chi connectivity index (χ0n) is 16.2. The maximum Gasteiger partial charge on any atom is 0.207 e. The van der Waals surface area contributed by atoms with E-state index in [2.05, 4.69) is 0 Å². The first-order chi connectivity index (χ1) is 14.9. The van der Waals surface area contributed by atoms with Crippen molar-refractivity contribution >= 4 is 15.6 Å². The molecule has 1 aliphatic heterocycles. The van der Waals surface area contributed by atoms with Crippen molar-refractivity contribution in [3.05, 3.63) is 118 Å². The minimum absolute atomic E-state index is 0.0373. The molecule has 31 heavy (non-hydrogen) atoms. The monoisotopic (exact) mass is 432 g/mol. The summed E-state index contributed by atoms with van der Waals surface area (Å²) in [4.78, 5) is -0.0748. The lowest BCUT2D eigenvalue weighted by molar-refractivity contribution is 0.358. The molecule has 1 unspecified atom stereocenters. The maximum atomic E-state index is 13.8. The minimum Gasteiger partial charge on any atom is -0.439 e. The predicted octanol–water partition coefficient (Wildman–Crippen LogP) is 4.48. The molecule has 0 spiro atoms. The molecule has 0 saturated carbocycles. The van der Waals surface area contributed by atoms with E-state index in [1.165, 1.54) is 36.4 Å². The third-order valence-corrected chi connectivity index (χ3v) is 6.85. The van der Waals surface area contributed by atoms with Crippen LogP contribution in [0.4, 0.5) is 4.39 Å². The lowest BCUT2D eigenvalue weighted by atomic mass is 9.88. The van der Waals surface area contributed by atoms with Gasteiger partial charge in [0, 0.05) is 5.56 Å². The molecule has 7 heteroatoms. The van der Waals surface area contributed by atoms with E-state index in [1.807, 2.05) is 6.07 Å². The van der Waals surface area contributed by atoms with Crippen LogP contribution in [-0.4, -0.2) is 8.42 Å². The lowest BCUT2D eigenvalue weighted by Gasteiger charge is -2.29. The highest BCUT2D eigenvalue weighted by Crippen LogP contribution is 2.46. The quantitative estimate of drug-likeness (QED) is 0.656. The van der Waals surface area contributed by atoms with Gasteiger partial charge in [0.05, 0.1) is 10.8 Å².